The van der Waals surface area contributed by atoms with Gasteiger partial charge in [0.25, 0.3) is 0 Å². The molecule has 1 heterocycles. The fourth-order valence-electron chi connectivity index (χ4n) is 2.82. The van der Waals surface area contributed by atoms with Crippen LogP contribution in [0, 0.1) is 12.8 Å². The molecule has 1 fully saturated rings. The molecule has 6 nitrogen and oxygen atoms in total. The lowest BCUT2D eigenvalue weighted by Gasteiger charge is -2.28. The van der Waals surface area contributed by atoms with E-state index in [2.05, 4.69) is 10.3 Å². The molecule has 1 aliphatic carbocycles. The van der Waals surface area contributed by atoms with Gasteiger partial charge in [0.1, 0.15) is 6.54 Å². The molecule has 1 aromatic rings. The summed E-state index contributed by atoms with van der Waals surface area (Å²) < 4.78 is 5.08. The molecule has 1 N–H and O–H groups in total. The summed E-state index contributed by atoms with van der Waals surface area (Å²) in [5.41, 5.74) is 0. The maximum atomic E-state index is 12.7. The summed E-state index contributed by atoms with van der Waals surface area (Å²) in [5, 5.41) is 3.33. The molecule has 2 amide bonds. The Morgan fingerprint density at radius 3 is 2.74 bits per heavy atom. The number of anilines is 1. The predicted octanol–water partition coefficient (Wildman–Crippen LogP) is 2.45. The quantitative estimate of drug-likeness (QED) is 0.828. The molecule has 0 unspecified atom stereocenters. The zero-order valence-electron chi connectivity index (χ0n) is 13.8. The third kappa shape index (κ3) is 5.58. The topological polar surface area (TPSA) is 71.5 Å². The number of aromatic nitrogens is 1. The van der Waals surface area contributed by atoms with Gasteiger partial charge in [-0.15, -0.1) is 11.3 Å². The highest BCUT2D eigenvalue weighted by Crippen LogP contribution is 2.25. The summed E-state index contributed by atoms with van der Waals surface area (Å²) in [6, 6.07) is 0. The van der Waals surface area contributed by atoms with E-state index in [9.17, 15) is 9.59 Å². The van der Waals surface area contributed by atoms with E-state index in [0.717, 1.165) is 30.6 Å². The number of hydrogen-bond donors (Lipinski definition) is 1. The number of ether oxygens (including phenoxy) is 1. The number of aryl methyl sites for hydroxylation is 1. The van der Waals surface area contributed by atoms with E-state index >= 15 is 0 Å². The van der Waals surface area contributed by atoms with Crippen LogP contribution in [-0.2, 0) is 14.3 Å². The van der Waals surface area contributed by atoms with E-state index in [0.29, 0.717) is 18.3 Å². The Balaban J connectivity index is 1.93. The highest BCUT2D eigenvalue weighted by atomic mass is 32.1. The van der Waals surface area contributed by atoms with Crippen LogP contribution in [0.25, 0.3) is 0 Å². The van der Waals surface area contributed by atoms with Crippen molar-refractivity contribution >= 4 is 28.3 Å². The maximum absolute atomic E-state index is 12.7. The third-order valence-corrected chi connectivity index (χ3v) is 4.86. The van der Waals surface area contributed by atoms with E-state index in [1.165, 1.54) is 17.8 Å². The van der Waals surface area contributed by atoms with E-state index < -0.39 is 0 Å². The number of rotatable bonds is 7. The molecule has 2 rings (SSSR count). The summed E-state index contributed by atoms with van der Waals surface area (Å²) >= 11 is 1.43. The molecule has 0 bridgehead atoms. The fourth-order valence-corrected chi connectivity index (χ4v) is 3.50. The van der Waals surface area contributed by atoms with Crippen molar-refractivity contribution < 1.29 is 14.3 Å². The van der Waals surface area contributed by atoms with Crippen molar-refractivity contribution in [2.24, 2.45) is 5.92 Å². The lowest BCUT2D eigenvalue weighted by molar-refractivity contribution is -0.139. The molecule has 1 saturated carbocycles. The van der Waals surface area contributed by atoms with Gasteiger partial charge in [-0.2, -0.15) is 0 Å². The summed E-state index contributed by atoms with van der Waals surface area (Å²) in [4.78, 5) is 31.7. The molecule has 0 saturated heterocycles. The van der Waals surface area contributed by atoms with Gasteiger partial charge in [-0.1, -0.05) is 19.3 Å². The van der Waals surface area contributed by atoms with E-state index in [1.807, 2.05) is 6.92 Å². The normalized spacial score (nSPS) is 15.4. The van der Waals surface area contributed by atoms with Crippen LogP contribution in [-0.4, -0.2) is 48.5 Å². The molecule has 0 aliphatic heterocycles. The minimum absolute atomic E-state index is 0.0514. The van der Waals surface area contributed by atoms with Crippen molar-refractivity contribution in [3.8, 4) is 0 Å². The van der Waals surface area contributed by atoms with Crippen molar-refractivity contribution in [2.75, 3.05) is 32.1 Å². The first kappa shape index (κ1) is 17.9. The average Bonchev–Trinajstić information content (AvgIpc) is 2.96. The number of nitrogens with one attached hydrogen (secondary N) is 1. The molecule has 23 heavy (non-hydrogen) atoms. The van der Waals surface area contributed by atoms with Gasteiger partial charge >= 0.3 is 0 Å². The smallest absolute Gasteiger partial charge is 0.245 e. The van der Waals surface area contributed by atoms with Crippen LogP contribution < -0.4 is 5.32 Å². The first-order valence-electron chi connectivity index (χ1n) is 8.10. The first-order chi connectivity index (χ1) is 11.1. The van der Waals surface area contributed by atoms with Crippen molar-refractivity contribution in [3.05, 3.63) is 11.1 Å². The van der Waals surface area contributed by atoms with Crippen molar-refractivity contribution in [3.63, 3.8) is 0 Å². The number of thiazole rings is 1. The highest BCUT2D eigenvalue weighted by molar-refractivity contribution is 7.15. The number of nitrogens with zero attached hydrogens (tertiary/aromatic N) is 2. The van der Waals surface area contributed by atoms with E-state index in [1.54, 1.807) is 18.2 Å². The van der Waals surface area contributed by atoms with Gasteiger partial charge in [-0.05, 0) is 19.8 Å². The van der Waals surface area contributed by atoms with Gasteiger partial charge in [0.05, 0.1) is 6.61 Å². The number of carbonyl (C=O) groups is 2. The van der Waals surface area contributed by atoms with Gasteiger partial charge in [-0.3, -0.25) is 9.59 Å². The van der Waals surface area contributed by atoms with Crippen LogP contribution in [0.15, 0.2) is 6.20 Å². The average molecular weight is 339 g/mol. The number of hydrogen-bond acceptors (Lipinski definition) is 5. The molecular formula is C16H25N3O3S. The molecule has 0 radical (unpaired) electrons. The standard InChI is InChI=1S/C16H25N3O3S/c1-12-10-17-16(23-12)18-14(20)11-19(8-9-22-2)15(21)13-6-4-3-5-7-13/h10,13H,3-9,11H2,1-2H3,(H,17,18,20). The Kier molecular flexibility index (Phi) is 6.98. The lowest BCUT2D eigenvalue weighted by atomic mass is 9.88. The van der Waals surface area contributed by atoms with Gasteiger partial charge in [-0.25, -0.2) is 4.98 Å². The minimum atomic E-state index is -0.209. The Labute approximate surface area is 141 Å². The van der Waals surface area contributed by atoms with E-state index in [-0.39, 0.29) is 24.3 Å². The largest absolute Gasteiger partial charge is 0.383 e. The molecular weight excluding hydrogens is 314 g/mol. The second-order valence-corrected chi connectivity index (χ2v) is 7.15. The Bertz CT molecular complexity index is 526. The monoisotopic (exact) mass is 339 g/mol. The van der Waals surface area contributed by atoms with Gasteiger partial charge < -0.3 is 15.0 Å². The Hall–Kier alpha value is -1.47. The summed E-state index contributed by atoms with van der Waals surface area (Å²) in [6.45, 7) is 2.86. The summed E-state index contributed by atoms with van der Waals surface area (Å²) in [7, 11) is 1.60. The second kappa shape index (κ2) is 8.98. The lowest BCUT2D eigenvalue weighted by Crippen LogP contribution is -2.43. The zero-order valence-corrected chi connectivity index (χ0v) is 14.7. The minimum Gasteiger partial charge on any atom is -0.383 e. The van der Waals surface area contributed by atoms with Gasteiger partial charge in [0.15, 0.2) is 5.13 Å². The van der Waals surface area contributed by atoms with Crippen LogP contribution in [0.5, 0.6) is 0 Å². The number of amides is 2. The zero-order chi connectivity index (χ0) is 16.7. The molecule has 0 spiro atoms. The summed E-state index contributed by atoms with van der Waals surface area (Å²) in [5.74, 6) is -0.0812. The van der Waals surface area contributed by atoms with Crippen molar-refractivity contribution in [1.82, 2.24) is 9.88 Å². The highest BCUT2D eigenvalue weighted by Gasteiger charge is 2.27. The Morgan fingerprint density at radius 2 is 2.13 bits per heavy atom. The van der Waals surface area contributed by atoms with Crippen molar-refractivity contribution in [2.45, 2.75) is 39.0 Å². The maximum Gasteiger partial charge on any atom is 0.245 e. The van der Waals surface area contributed by atoms with Crippen LogP contribution in [0.3, 0.4) is 0 Å². The van der Waals surface area contributed by atoms with Crippen LogP contribution in [0.4, 0.5) is 5.13 Å². The van der Waals surface area contributed by atoms with Crippen LogP contribution in [0.2, 0.25) is 0 Å². The predicted molar refractivity (Wildman–Crippen MR) is 90.5 cm³/mol. The number of carbonyl (C=O) groups excluding carboxylic acids is 2. The molecule has 1 aliphatic rings. The summed E-state index contributed by atoms with van der Waals surface area (Å²) in [6.07, 6.45) is 6.96. The van der Waals surface area contributed by atoms with Crippen LogP contribution in [0.1, 0.15) is 37.0 Å². The number of methoxy groups -OCH3 is 1. The fraction of sp³-hybridized carbons (Fsp3) is 0.688. The second-order valence-electron chi connectivity index (χ2n) is 5.91. The Morgan fingerprint density at radius 1 is 1.39 bits per heavy atom. The third-order valence-electron chi connectivity index (χ3n) is 4.03. The van der Waals surface area contributed by atoms with E-state index in [4.69, 9.17) is 4.74 Å². The molecule has 1 aromatic heterocycles. The molecule has 0 aromatic carbocycles. The van der Waals surface area contributed by atoms with Gasteiger partial charge in [0, 0.05) is 30.6 Å². The molecule has 0 atom stereocenters. The van der Waals surface area contributed by atoms with Crippen LogP contribution >= 0.6 is 11.3 Å². The first-order valence-corrected chi connectivity index (χ1v) is 8.92. The van der Waals surface area contributed by atoms with Crippen molar-refractivity contribution in [1.29, 1.82) is 0 Å². The van der Waals surface area contributed by atoms with Gasteiger partial charge in [0.2, 0.25) is 11.8 Å². The molecule has 128 valence electrons. The molecule has 7 heteroatoms. The SMILES string of the molecule is COCCN(CC(=O)Nc1ncc(C)s1)C(=O)C1CCCCC1.